The number of aliphatic carboxylic acids is 1. The number of rotatable bonds is 2. The number of nitriles is 2. The summed E-state index contributed by atoms with van der Waals surface area (Å²) in [6, 6.07) is 6.60. The predicted molar refractivity (Wildman–Crippen MR) is 47.1 cm³/mol. The Morgan fingerprint density at radius 2 is 2.13 bits per heavy atom. The van der Waals surface area contributed by atoms with Crippen LogP contribution in [0.5, 0.6) is 0 Å². The SMILES string of the molecule is N#Cc1c(F)cccc1C(C#N)C(=O)O. The summed E-state index contributed by atoms with van der Waals surface area (Å²) in [5.41, 5.74) is -0.515. The van der Waals surface area contributed by atoms with Crippen molar-refractivity contribution in [3.63, 3.8) is 0 Å². The fourth-order valence-corrected chi connectivity index (χ4v) is 1.16. The molecule has 1 atom stereocenters. The zero-order valence-corrected chi connectivity index (χ0v) is 7.44. The van der Waals surface area contributed by atoms with E-state index in [-0.39, 0.29) is 5.56 Å². The number of nitrogens with zero attached hydrogens (tertiary/aromatic N) is 2. The minimum Gasteiger partial charge on any atom is -0.480 e. The molecular formula is C10H5FN2O2. The van der Waals surface area contributed by atoms with Gasteiger partial charge in [-0.2, -0.15) is 10.5 Å². The normalized spacial score (nSPS) is 11.1. The molecule has 1 unspecified atom stereocenters. The second kappa shape index (κ2) is 4.21. The Bertz CT molecular complexity index is 485. The summed E-state index contributed by atoms with van der Waals surface area (Å²) in [5, 5.41) is 25.9. The lowest BCUT2D eigenvalue weighted by Gasteiger charge is -2.06. The molecule has 0 radical (unpaired) electrons. The summed E-state index contributed by atoms with van der Waals surface area (Å²) >= 11 is 0. The Morgan fingerprint density at radius 3 is 2.60 bits per heavy atom. The highest BCUT2D eigenvalue weighted by molar-refractivity contribution is 5.80. The van der Waals surface area contributed by atoms with Crippen LogP contribution in [0.2, 0.25) is 0 Å². The standard InChI is InChI=1S/C10H5FN2O2/c11-9-3-1-2-6(7(9)4-12)8(5-13)10(14)15/h1-3,8H,(H,14,15). The van der Waals surface area contributed by atoms with E-state index in [1.54, 1.807) is 6.07 Å². The number of carboxylic acid groups (broad SMARTS) is 1. The van der Waals surface area contributed by atoms with Gasteiger partial charge in [0.1, 0.15) is 11.9 Å². The number of carboxylic acids is 1. The van der Waals surface area contributed by atoms with Crippen LogP contribution in [0.15, 0.2) is 18.2 Å². The van der Waals surface area contributed by atoms with Gasteiger partial charge in [0.05, 0.1) is 11.6 Å². The lowest BCUT2D eigenvalue weighted by Crippen LogP contribution is -2.11. The maximum absolute atomic E-state index is 13.1. The highest BCUT2D eigenvalue weighted by Gasteiger charge is 2.23. The molecule has 5 heteroatoms. The van der Waals surface area contributed by atoms with Crippen LogP contribution in [0.25, 0.3) is 0 Å². The van der Waals surface area contributed by atoms with Crippen LogP contribution >= 0.6 is 0 Å². The highest BCUT2D eigenvalue weighted by Crippen LogP contribution is 2.21. The van der Waals surface area contributed by atoms with Crippen LogP contribution in [0, 0.1) is 28.5 Å². The van der Waals surface area contributed by atoms with E-state index in [0.29, 0.717) is 0 Å². The monoisotopic (exact) mass is 204 g/mol. The third kappa shape index (κ3) is 1.92. The van der Waals surface area contributed by atoms with Crippen molar-refractivity contribution in [3.05, 3.63) is 35.1 Å². The molecule has 0 saturated heterocycles. The first kappa shape index (κ1) is 10.7. The number of halogens is 1. The molecule has 1 rings (SSSR count). The largest absolute Gasteiger partial charge is 0.480 e. The van der Waals surface area contributed by atoms with Crippen molar-refractivity contribution >= 4 is 5.97 Å². The van der Waals surface area contributed by atoms with Crippen molar-refractivity contribution in [2.75, 3.05) is 0 Å². The van der Waals surface area contributed by atoms with Gasteiger partial charge in [-0.1, -0.05) is 12.1 Å². The maximum Gasteiger partial charge on any atom is 0.325 e. The van der Waals surface area contributed by atoms with E-state index >= 15 is 0 Å². The first-order valence-corrected chi connectivity index (χ1v) is 3.92. The van der Waals surface area contributed by atoms with Crippen LogP contribution in [-0.2, 0) is 4.79 Å². The van der Waals surface area contributed by atoms with Crippen molar-refractivity contribution in [3.8, 4) is 12.1 Å². The molecule has 15 heavy (non-hydrogen) atoms. The second-order valence-electron chi connectivity index (χ2n) is 2.72. The Kier molecular flexibility index (Phi) is 3.00. The number of hydrogen-bond donors (Lipinski definition) is 1. The van der Waals surface area contributed by atoms with E-state index in [0.717, 1.165) is 6.07 Å². The maximum atomic E-state index is 13.1. The second-order valence-corrected chi connectivity index (χ2v) is 2.72. The zero-order chi connectivity index (χ0) is 11.4. The van der Waals surface area contributed by atoms with Crippen molar-refractivity contribution in [1.82, 2.24) is 0 Å². The van der Waals surface area contributed by atoms with Gasteiger partial charge in [0.15, 0.2) is 5.92 Å². The van der Waals surface area contributed by atoms with E-state index in [9.17, 15) is 9.18 Å². The first-order valence-electron chi connectivity index (χ1n) is 3.92. The lowest BCUT2D eigenvalue weighted by molar-refractivity contribution is -0.137. The summed E-state index contributed by atoms with van der Waals surface area (Å²) in [6.07, 6.45) is 0. The third-order valence-electron chi connectivity index (χ3n) is 1.84. The molecule has 0 aromatic heterocycles. The lowest BCUT2D eigenvalue weighted by atomic mass is 9.95. The van der Waals surface area contributed by atoms with Gasteiger partial charge in [-0.15, -0.1) is 0 Å². The molecule has 0 aliphatic rings. The van der Waals surface area contributed by atoms with E-state index in [1.165, 1.54) is 18.2 Å². The highest BCUT2D eigenvalue weighted by atomic mass is 19.1. The number of benzene rings is 1. The Labute approximate surface area is 84.8 Å². The molecule has 0 aliphatic heterocycles. The van der Waals surface area contributed by atoms with Gasteiger partial charge in [-0.05, 0) is 6.07 Å². The van der Waals surface area contributed by atoms with Crippen LogP contribution in [0.4, 0.5) is 4.39 Å². The minimum absolute atomic E-state index is 0.118. The van der Waals surface area contributed by atoms with Crippen molar-refractivity contribution in [2.45, 2.75) is 5.92 Å². The minimum atomic E-state index is -1.52. The van der Waals surface area contributed by atoms with Crippen molar-refractivity contribution in [1.29, 1.82) is 10.5 Å². The molecular weight excluding hydrogens is 199 g/mol. The average Bonchev–Trinajstić information content (AvgIpc) is 2.18. The van der Waals surface area contributed by atoms with E-state index in [1.807, 2.05) is 0 Å². The van der Waals surface area contributed by atoms with Crippen LogP contribution in [0.3, 0.4) is 0 Å². The molecule has 0 bridgehead atoms. The summed E-state index contributed by atoms with van der Waals surface area (Å²) in [6.45, 7) is 0. The zero-order valence-electron chi connectivity index (χ0n) is 7.44. The first-order chi connectivity index (χ1) is 7.11. The van der Waals surface area contributed by atoms with E-state index < -0.39 is 23.3 Å². The molecule has 0 amide bonds. The van der Waals surface area contributed by atoms with Gasteiger partial charge < -0.3 is 5.11 Å². The van der Waals surface area contributed by atoms with Crippen LogP contribution in [0.1, 0.15) is 17.0 Å². The van der Waals surface area contributed by atoms with Crippen molar-refractivity contribution in [2.24, 2.45) is 0 Å². The quantitative estimate of drug-likeness (QED) is 0.788. The molecule has 4 nitrogen and oxygen atoms in total. The molecule has 74 valence electrons. The fourth-order valence-electron chi connectivity index (χ4n) is 1.16. The van der Waals surface area contributed by atoms with Gasteiger partial charge in [-0.3, -0.25) is 4.79 Å². The summed E-state index contributed by atoms with van der Waals surface area (Å²) in [7, 11) is 0. The van der Waals surface area contributed by atoms with Crippen LogP contribution < -0.4 is 0 Å². The van der Waals surface area contributed by atoms with Gasteiger partial charge in [-0.25, -0.2) is 4.39 Å². The van der Waals surface area contributed by atoms with Crippen molar-refractivity contribution < 1.29 is 14.3 Å². The smallest absolute Gasteiger partial charge is 0.325 e. The molecule has 1 aromatic rings. The molecule has 1 aromatic carbocycles. The summed E-state index contributed by atoms with van der Waals surface area (Å²) in [5.74, 6) is -3.74. The van der Waals surface area contributed by atoms with E-state index in [4.69, 9.17) is 15.6 Å². The van der Waals surface area contributed by atoms with Crippen LogP contribution in [-0.4, -0.2) is 11.1 Å². The van der Waals surface area contributed by atoms with Gasteiger partial charge >= 0.3 is 5.97 Å². The molecule has 0 saturated carbocycles. The molecule has 0 fully saturated rings. The van der Waals surface area contributed by atoms with E-state index in [2.05, 4.69) is 0 Å². The molecule has 0 heterocycles. The van der Waals surface area contributed by atoms with Gasteiger partial charge in [0.2, 0.25) is 0 Å². The Balaban J connectivity index is 3.39. The Morgan fingerprint density at radius 1 is 1.47 bits per heavy atom. The third-order valence-corrected chi connectivity index (χ3v) is 1.84. The fraction of sp³-hybridized carbons (Fsp3) is 0.100. The average molecular weight is 204 g/mol. The predicted octanol–water partition coefficient (Wildman–Crippen LogP) is 1.39. The molecule has 0 aliphatic carbocycles. The van der Waals surface area contributed by atoms with Gasteiger partial charge in [0, 0.05) is 5.56 Å². The summed E-state index contributed by atoms with van der Waals surface area (Å²) < 4.78 is 13.1. The number of hydrogen-bond acceptors (Lipinski definition) is 3. The summed E-state index contributed by atoms with van der Waals surface area (Å²) in [4.78, 5) is 10.7. The van der Waals surface area contributed by atoms with Gasteiger partial charge in [0.25, 0.3) is 0 Å². The molecule has 0 spiro atoms. The topological polar surface area (TPSA) is 84.9 Å². The Hall–Kier alpha value is -2.40. The number of carbonyl (C=O) groups is 1. The molecule has 1 N–H and O–H groups in total.